The lowest BCUT2D eigenvalue weighted by Gasteiger charge is -2.33. The van der Waals surface area contributed by atoms with Crippen molar-refractivity contribution in [1.29, 1.82) is 0 Å². The monoisotopic (exact) mass is 333 g/mol. The zero-order chi connectivity index (χ0) is 16.8. The van der Waals surface area contributed by atoms with Crippen LogP contribution in [-0.2, 0) is 16.1 Å². The van der Waals surface area contributed by atoms with Crippen molar-refractivity contribution in [3.63, 3.8) is 0 Å². The van der Waals surface area contributed by atoms with E-state index in [-0.39, 0.29) is 12.2 Å². The third-order valence-electron chi connectivity index (χ3n) is 4.71. The molecular weight excluding hydrogens is 306 g/mol. The number of carbonyl (C=O) groups is 1. The summed E-state index contributed by atoms with van der Waals surface area (Å²) in [5.74, 6) is 0. The fourth-order valence-corrected chi connectivity index (χ4v) is 3.32. The Bertz CT molecular complexity index is 526. The highest BCUT2D eigenvalue weighted by atomic mass is 16.6. The molecule has 1 saturated carbocycles. The Kier molecular flexibility index (Phi) is 6.07. The van der Waals surface area contributed by atoms with Crippen molar-refractivity contribution in [3.05, 3.63) is 35.9 Å². The molecule has 3 atom stereocenters. The smallest absolute Gasteiger partial charge is 0.410 e. The molecule has 1 aromatic carbocycles. The lowest BCUT2D eigenvalue weighted by molar-refractivity contribution is -0.0279. The Morgan fingerprint density at radius 2 is 2.17 bits per heavy atom. The summed E-state index contributed by atoms with van der Waals surface area (Å²) in [4.78, 5) is 14.0. The van der Waals surface area contributed by atoms with E-state index in [9.17, 15) is 4.79 Å². The largest absolute Gasteiger partial charge is 0.445 e. The maximum absolute atomic E-state index is 12.2. The average Bonchev–Trinajstić information content (AvgIpc) is 3.04. The third kappa shape index (κ3) is 4.93. The van der Waals surface area contributed by atoms with Gasteiger partial charge >= 0.3 is 6.09 Å². The van der Waals surface area contributed by atoms with Crippen LogP contribution in [0.1, 0.15) is 24.8 Å². The van der Waals surface area contributed by atoms with Gasteiger partial charge in [0.05, 0.1) is 19.3 Å². The highest BCUT2D eigenvalue weighted by Crippen LogP contribution is 2.17. The fourth-order valence-electron chi connectivity index (χ4n) is 3.32. The number of amides is 1. The fraction of sp³-hybridized carbons (Fsp3) is 0.611. The normalized spacial score (nSPS) is 27.2. The molecule has 0 bridgehead atoms. The molecule has 1 aliphatic carbocycles. The summed E-state index contributed by atoms with van der Waals surface area (Å²) in [6.07, 6.45) is 2.97. The highest BCUT2D eigenvalue weighted by molar-refractivity contribution is 5.67. The molecule has 3 rings (SSSR count). The van der Waals surface area contributed by atoms with Gasteiger partial charge in [0.25, 0.3) is 0 Å². The Hall–Kier alpha value is -1.63. The summed E-state index contributed by atoms with van der Waals surface area (Å²) in [5, 5.41) is 3.52. The quantitative estimate of drug-likeness (QED) is 0.854. The average molecular weight is 333 g/mol. The van der Waals surface area contributed by atoms with Crippen molar-refractivity contribution in [2.45, 2.75) is 44.1 Å². The Morgan fingerprint density at radius 1 is 1.33 bits per heavy atom. The molecule has 6 heteroatoms. The number of carbonyl (C=O) groups excluding carboxylic acids is 1. The zero-order valence-electron chi connectivity index (χ0n) is 14.0. The van der Waals surface area contributed by atoms with Gasteiger partial charge in [0, 0.05) is 25.2 Å². The van der Waals surface area contributed by atoms with E-state index in [0.717, 1.165) is 31.4 Å². The van der Waals surface area contributed by atoms with Crippen LogP contribution in [0.15, 0.2) is 30.3 Å². The second kappa shape index (κ2) is 8.46. The van der Waals surface area contributed by atoms with Crippen LogP contribution < -0.4 is 11.1 Å². The van der Waals surface area contributed by atoms with Gasteiger partial charge in [-0.3, -0.25) is 0 Å². The van der Waals surface area contributed by atoms with Crippen LogP contribution in [0.2, 0.25) is 0 Å². The molecule has 1 heterocycles. The Balaban J connectivity index is 1.40. The highest BCUT2D eigenvalue weighted by Gasteiger charge is 2.27. The van der Waals surface area contributed by atoms with E-state index in [1.807, 2.05) is 30.3 Å². The van der Waals surface area contributed by atoms with Gasteiger partial charge < -0.3 is 25.4 Å². The van der Waals surface area contributed by atoms with Crippen LogP contribution in [-0.4, -0.2) is 55.4 Å². The molecule has 1 aromatic rings. The van der Waals surface area contributed by atoms with E-state index < -0.39 is 0 Å². The molecule has 0 aromatic heterocycles. The first-order valence-electron chi connectivity index (χ1n) is 8.77. The first-order chi connectivity index (χ1) is 11.7. The van der Waals surface area contributed by atoms with Gasteiger partial charge in [-0.25, -0.2) is 4.79 Å². The minimum Gasteiger partial charge on any atom is -0.445 e. The van der Waals surface area contributed by atoms with Gasteiger partial charge in [0.1, 0.15) is 6.61 Å². The number of nitrogens with zero attached hydrogens (tertiary/aromatic N) is 1. The first-order valence-corrected chi connectivity index (χ1v) is 8.77. The Labute approximate surface area is 143 Å². The van der Waals surface area contributed by atoms with E-state index in [4.69, 9.17) is 15.2 Å². The molecule has 1 aliphatic heterocycles. The number of hydrogen-bond acceptors (Lipinski definition) is 5. The standard InChI is InChI=1S/C18H27N3O3/c19-15-6-7-16(10-15)20-11-17-12-21(8-9-23-17)18(22)24-13-14-4-2-1-3-5-14/h1-5,15-17,20H,6-13,19H2. The summed E-state index contributed by atoms with van der Waals surface area (Å²) < 4.78 is 11.2. The lowest BCUT2D eigenvalue weighted by Crippen LogP contribution is -2.50. The summed E-state index contributed by atoms with van der Waals surface area (Å²) in [7, 11) is 0. The molecule has 2 aliphatic rings. The van der Waals surface area contributed by atoms with Crippen molar-refractivity contribution in [2.24, 2.45) is 5.73 Å². The van der Waals surface area contributed by atoms with E-state index >= 15 is 0 Å². The number of morpholine rings is 1. The van der Waals surface area contributed by atoms with E-state index in [1.165, 1.54) is 0 Å². The lowest BCUT2D eigenvalue weighted by atomic mass is 10.2. The second-order valence-electron chi connectivity index (χ2n) is 6.66. The third-order valence-corrected chi connectivity index (χ3v) is 4.71. The van der Waals surface area contributed by atoms with Crippen LogP contribution >= 0.6 is 0 Å². The van der Waals surface area contributed by atoms with Crippen molar-refractivity contribution in [3.8, 4) is 0 Å². The summed E-state index contributed by atoms with van der Waals surface area (Å²) in [6, 6.07) is 10.5. The summed E-state index contributed by atoms with van der Waals surface area (Å²) >= 11 is 0. The van der Waals surface area contributed by atoms with Crippen LogP contribution in [0.5, 0.6) is 0 Å². The SMILES string of the molecule is NC1CCC(NCC2CN(C(=O)OCc3ccccc3)CCO2)C1. The van der Waals surface area contributed by atoms with Gasteiger partial charge in [-0.15, -0.1) is 0 Å². The molecule has 3 unspecified atom stereocenters. The number of nitrogens with two attached hydrogens (primary N) is 1. The maximum atomic E-state index is 12.2. The van der Waals surface area contributed by atoms with E-state index in [2.05, 4.69) is 5.32 Å². The number of rotatable bonds is 5. The van der Waals surface area contributed by atoms with Crippen molar-refractivity contribution in [2.75, 3.05) is 26.2 Å². The zero-order valence-corrected chi connectivity index (χ0v) is 14.0. The van der Waals surface area contributed by atoms with Crippen LogP contribution in [0.3, 0.4) is 0 Å². The molecule has 24 heavy (non-hydrogen) atoms. The van der Waals surface area contributed by atoms with Crippen LogP contribution in [0.25, 0.3) is 0 Å². The molecule has 0 spiro atoms. The van der Waals surface area contributed by atoms with Gasteiger partial charge in [-0.1, -0.05) is 30.3 Å². The predicted octanol–water partition coefficient (Wildman–Crippen LogP) is 1.49. The number of benzene rings is 1. The second-order valence-corrected chi connectivity index (χ2v) is 6.66. The molecule has 1 amide bonds. The minimum absolute atomic E-state index is 0.0137. The van der Waals surface area contributed by atoms with Gasteiger partial charge in [-0.05, 0) is 24.8 Å². The maximum Gasteiger partial charge on any atom is 0.410 e. The van der Waals surface area contributed by atoms with Crippen molar-refractivity contribution in [1.82, 2.24) is 10.2 Å². The van der Waals surface area contributed by atoms with Crippen LogP contribution in [0, 0.1) is 0 Å². The van der Waals surface area contributed by atoms with Gasteiger partial charge in [0.2, 0.25) is 0 Å². The van der Waals surface area contributed by atoms with Gasteiger partial charge in [0.15, 0.2) is 0 Å². The molecular formula is C18H27N3O3. The molecule has 2 fully saturated rings. The summed E-state index contributed by atoms with van der Waals surface area (Å²) in [6.45, 7) is 2.76. The number of ether oxygens (including phenoxy) is 2. The Morgan fingerprint density at radius 3 is 2.92 bits per heavy atom. The van der Waals surface area contributed by atoms with E-state index in [1.54, 1.807) is 4.90 Å². The summed E-state index contributed by atoms with van der Waals surface area (Å²) in [5.41, 5.74) is 6.93. The topological polar surface area (TPSA) is 76.8 Å². The first kappa shape index (κ1) is 17.2. The molecule has 132 valence electrons. The molecule has 0 radical (unpaired) electrons. The van der Waals surface area contributed by atoms with Gasteiger partial charge in [-0.2, -0.15) is 0 Å². The predicted molar refractivity (Wildman–Crippen MR) is 91.6 cm³/mol. The van der Waals surface area contributed by atoms with E-state index in [0.29, 0.717) is 38.4 Å². The van der Waals surface area contributed by atoms with Crippen molar-refractivity contribution >= 4 is 6.09 Å². The number of hydrogen-bond donors (Lipinski definition) is 2. The number of nitrogens with one attached hydrogen (secondary N) is 1. The molecule has 3 N–H and O–H groups in total. The van der Waals surface area contributed by atoms with Crippen molar-refractivity contribution < 1.29 is 14.3 Å². The molecule has 6 nitrogen and oxygen atoms in total. The van der Waals surface area contributed by atoms with Crippen LogP contribution in [0.4, 0.5) is 4.79 Å². The molecule has 1 saturated heterocycles. The minimum atomic E-state index is -0.268.